The fraction of sp³-hybridized carbons (Fsp3) is 0.667. The number of aliphatic imine (C=N–C) groups is 1. The lowest BCUT2D eigenvalue weighted by atomic mass is 9.75. The van der Waals surface area contributed by atoms with Crippen LogP contribution in [0.4, 0.5) is 0 Å². The molecule has 138 valence electrons. The molecule has 0 atom stereocenters. The van der Waals surface area contributed by atoms with E-state index in [0.717, 1.165) is 17.7 Å². The Bertz CT molecular complexity index is 676. The van der Waals surface area contributed by atoms with Gasteiger partial charge in [-0.05, 0) is 41.0 Å². The first-order chi connectivity index (χ1) is 11.6. The summed E-state index contributed by atoms with van der Waals surface area (Å²) >= 11 is 0. The monoisotopic (exact) mass is 348 g/mol. The first-order valence-electron chi connectivity index (χ1n) is 8.77. The van der Waals surface area contributed by atoms with Gasteiger partial charge in [0.2, 0.25) is 0 Å². The van der Waals surface area contributed by atoms with Gasteiger partial charge in [0.1, 0.15) is 5.69 Å². The lowest BCUT2D eigenvalue weighted by molar-refractivity contribution is 0.00578. The van der Waals surface area contributed by atoms with Crippen LogP contribution < -0.4 is 5.46 Å². The van der Waals surface area contributed by atoms with Crippen molar-refractivity contribution in [3.63, 3.8) is 0 Å². The molecule has 1 aromatic rings. The van der Waals surface area contributed by atoms with Gasteiger partial charge in [0.05, 0.1) is 17.8 Å². The summed E-state index contributed by atoms with van der Waals surface area (Å²) in [5.41, 5.74) is 2.04. The molecule has 2 heterocycles. The molecule has 0 bridgehead atoms. The standard InChI is InChI=1S/C18H29BN2O4/c1-9-13-12(11-20-7)14(15(21(13)8)16(22)23-10-2)19-24-17(3,4)18(5,6)25-19/h11H,9-10H2,1-8H3. The molecule has 25 heavy (non-hydrogen) atoms. The van der Waals surface area contributed by atoms with E-state index >= 15 is 0 Å². The van der Waals surface area contributed by atoms with E-state index in [0.29, 0.717) is 17.8 Å². The SMILES string of the molecule is CCOC(=O)c1c(B2OC(C)(C)C(C)(C)O2)c(C=NC)c(CC)n1C. The first kappa shape index (κ1) is 19.7. The molecule has 0 N–H and O–H groups in total. The van der Waals surface area contributed by atoms with Gasteiger partial charge in [-0.15, -0.1) is 0 Å². The summed E-state index contributed by atoms with van der Waals surface area (Å²) in [5, 5.41) is 0. The summed E-state index contributed by atoms with van der Waals surface area (Å²) in [6.45, 7) is 12.1. The molecule has 0 saturated carbocycles. The molecular formula is C18H29BN2O4. The van der Waals surface area contributed by atoms with Crippen molar-refractivity contribution in [3.8, 4) is 0 Å². The summed E-state index contributed by atoms with van der Waals surface area (Å²) in [6.07, 6.45) is 2.52. The van der Waals surface area contributed by atoms with Gasteiger partial charge in [-0.3, -0.25) is 4.99 Å². The van der Waals surface area contributed by atoms with Crippen LogP contribution in [0.25, 0.3) is 0 Å². The predicted molar refractivity (Wildman–Crippen MR) is 100.0 cm³/mol. The van der Waals surface area contributed by atoms with E-state index in [1.807, 2.05) is 46.2 Å². The van der Waals surface area contributed by atoms with Crippen LogP contribution in [-0.2, 0) is 27.5 Å². The van der Waals surface area contributed by atoms with Crippen molar-refractivity contribution in [3.05, 3.63) is 17.0 Å². The zero-order valence-electron chi connectivity index (χ0n) is 16.6. The van der Waals surface area contributed by atoms with Gasteiger partial charge in [0, 0.05) is 37.0 Å². The summed E-state index contributed by atoms with van der Waals surface area (Å²) in [7, 11) is 2.93. The van der Waals surface area contributed by atoms with Crippen LogP contribution in [0.1, 0.15) is 63.3 Å². The number of hydrogen-bond acceptors (Lipinski definition) is 5. The Balaban J connectivity index is 2.68. The molecule has 0 spiro atoms. The minimum Gasteiger partial charge on any atom is -0.461 e. The molecule has 1 aromatic heterocycles. The normalized spacial score (nSPS) is 19.0. The minimum absolute atomic E-state index is 0.311. The number of aromatic nitrogens is 1. The van der Waals surface area contributed by atoms with Crippen molar-refractivity contribution in [2.45, 2.75) is 59.2 Å². The molecule has 1 aliphatic heterocycles. The number of carbonyl (C=O) groups excluding carboxylic acids is 1. The Kier molecular flexibility index (Phi) is 5.49. The summed E-state index contributed by atoms with van der Waals surface area (Å²) < 4.78 is 19.6. The van der Waals surface area contributed by atoms with Crippen molar-refractivity contribution >= 4 is 24.8 Å². The molecular weight excluding hydrogens is 319 g/mol. The molecule has 0 radical (unpaired) electrons. The van der Waals surface area contributed by atoms with Gasteiger partial charge in [-0.1, -0.05) is 6.92 Å². The van der Waals surface area contributed by atoms with E-state index in [-0.39, 0.29) is 5.97 Å². The lowest BCUT2D eigenvalue weighted by Crippen LogP contribution is -2.41. The Hall–Kier alpha value is -1.60. The maximum Gasteiger partial charge on any atom is 0.498 e. The molecule has 0 amide bonds. The van der Waals surface area contributed by atoms with Crippen molar-refractivity contribution < 1.29 is 18.8 Å². The highest BCUT2D eigenvalue weighted by molar-refractivity contribution is 6.65. The van der Waals surface area contributed by atoms with Gasteiger partial charge in [-0.25, -0.2) is 4.79 Å². The van der Waals surface area contributed by atoms with E-state index in [4.69, 9.17) is 14.0 Å². The number of ether oxygens (including phenoxy) is 1. The smallest absolute Gasteiger partial charge is 0.461 e. The lowest BCUT2D eigenvalue weighted by Gasteiger charge is -2.32. The molecule has 0 aliphatic carbocycles. The van der Waals surface area contributed by atoms with Crippen LogP contribution in [0, 0.1) is 0 Å². The van der Waals surface area contributed by atoms with Gasteiger partial charge in [0.25, 0.3) is 0 Å². The van der Waals surface area contributed by atoms with E-state index in [1.165, 1.54) is 0 Å². The predicted octanol–water partition coefficient (Wildman–Crippen LogP) is 2.11. The quantitative estimate of drug-likeness (QED) is 0.465. The minimum atomic E-state index is -0.649. The Morgan fingerprint density at radius 2 is 1.80 bits per heavy atom. The van der Waals surface area contributed by atoms with Crippen LogP contribution in [0.15, 0.2) is 4.99 Å². The third-order valence-corrected chi connectivity index (χ3v) is 5.15. The van der Waals surface area contributed by atoms with Crippen molar-refractivity contribution in [1.29, 1.82) is 0 Å². The second-order valence-corrected chi connectivity index (χ2v) is 7.23. The van der Waals surface area contributed by atoms with Gasteiger partial charge < -0.3 is 18.6 Å². The maximum absolute atomic E-state index is 12.7. The van der Waals surface area contributed by atoms with Crippen molar-refractivity contribution in [2.75, 3.05) is 13.7 Å². The average Bonchev–Trinajstić information content (AvgIpc) is 2.89. The Labute approximate surface area is 150 Å². The molecule has 2 rings (SSSR count). The molecule has 0 aromatic carbocycles. The number of carbonyl (C=O) groups is 1. The highest BCUT2D eigenvalue weighted by Gasteiger charge is 2.54. The second-order valence-electron chi connectivity index (χ2n) is 7.23. The van der Waals surface area contributed by atoms with Crippen LogP contribution in [0.3, 0.4) is 0 Å². The average molecular weight is 348 g/mol. The van der Waals surface area contributed by atoms with Gasteiger partial charge in [-0.2, -0.15) is 0 Å². The van der Waals surface area contributed by atoms with Crippen LogP contribution in [-0.4, -0.2) is 48.7 Å². The number of esters is 1. The third kappa shape index (κ3) is 3.27. The Morgan fingerprint density at radius 1 is 1.24 bits per heavy atom. The van der Waals surface area contributed by atoms with Crippen LogP contribution >= 0.6 is 0 Å². The number of nitrogens with zero attached hydrogens (tertiary/aromatic N) is 2. The van der Waals surface area contributed by atoms with E-state index in [1.54, 1.807) is 20.2 Å². The topological polar surface area (TPSA) is 62.1 Å². The molecule has 1 saturated heterocycles. The van der Waals surface area contributed by atoms with Gasteiger partial charge >= 0.3 is 13.1 Å². The zero-order chi connectivity index (χ0) is 19.0. The van der Waals surface area contributed by atoms with Gasteiger partial charge in [0.15, 0.2) is 0 Å². The second kappa shape index (κ2) is 6.96. The molecule has 6 nitrogen and oxygen atoms in total. The van der Waals surface area contributed by atoms with E-state index < -0.39 is 18.3 Å². The molecule has 1 fully saturated rings. The summed E-state index contributed by atoms with van der Waals surface area (Å²) in [5.74, 6) is -0.375. The summed E-state index contributed by atoms with van der Waals surface area (Å²) in [6, 6.07) is 0. The fourth-order valence-corrected chi connectivity index (χ4v) is 3.13. The maximum atomic E-state index is 12.7. The van der Waals surface area contributed by atoms with E-state index in [2.05, 4.69) is 4.99 Å². The van der Waals surface area contributed by atoms with E-state index in [9.17, 15) is 4.79 Å². The third-order valence-electron chi connectivity index (χ3n) is 5.15. The number of hydrogen-bond donors (Lipinski definition) is 0. The largest absolute Gasteiger partial charge is 0.498 e. The molecule has 7 heteroatoms. The first-order valence-corrected chi connectivity index (χ1v) is 8.77. The fourth-order valence-electron chi connectivity index (χ4n) is 3.13. The Morgan fingerprint density at radius 3 is 2.24 bits per heavy atom. The summed E-state index contributed by atoms with van der Waals surface area (Å²) in [4.78, 5) is 16.8. The molecule has 0 unspecified atom stereocenters. The van der Waals surface area contributed by atoms with Crippen molar-refractivity contribution in [2.24, 2.45) is 12.0 Å². The van der Waals surface area contributed by atoms with Crippen LogP contribution in [0.2, 0.25) is 0 Å². The highest BCUT2D eigenvalue weighted by atomic mass is 16.7. The highest BCUT2D eigenvalue weighted by Crippen LogP contribution is 2.37. The van der Waals surface area contributed by atoms with Crippen molar-refractivity contribution in [1.82, 2.24) is 4.57 Å². The van der Waals surface area contributed by atoms with Crippen LogP contribution in [0.5, 0.6) is 0 Å². The zero-order valence-corrected chi connectivity index (χ0v) is 16.6. The number of rotatable bonds is 5. The molecule has 1 aliphatic rings.